The molecule has 1 aliphatic rings. The van der Waals surface area contributed by atoms with E-state index in [0.29, 0.717) is 25.1 Å². The molecule has 0 saturated carbocycles. The SMILES string of the molecule is CC(C)(C)OC(=O)N1CCc2c(cnn2-c2ccc(C#N)cc2)C1. The first-order valence-corrected chi connectivity index (χ1v) is 7.91. The summed E-state index contributed by atoms with van der Waals surface area (Å²) in [6, 6.07) is 9.43. The van der Waals surface area contributed by atoms with Crippen LogP contribution < -0.4 is 0 Å². The highest BCUT2D eigenvalue weighted by Gasteiger charge is 2.27. The molecule has 124 valence electrons. The van der Waals surface area contributed by atoms with Crippen molar-refractivity contribution in [3.8, 4) is 11.8 Å². The van der Waals surface area contributed by atoms with Gasteiger partial charge in [0.1, 0.15) is 5.60 Å². The van der Waals surface area contributed by atoms with Gasteiger partial charge in [0.15, 0.2) is 0 Å². The molecule has 1 amide bonds. The molecular formula is C18H20N4O2. The minimum absolute atomic E-state index is 0.292. The van der Waals surface area contributed by atoms with E-state index >= 15 is 0 Å². The highest BCUT2D eigenvalue weighted by molar-refractivity contribution is 5.68. The van der Waals surface area contributed by atoms with Gasteiger partial charge in [-0.05, 0) is 45.0 Å². The van der Waals surface area contributed by atoms with Gasteiger partial charge in [0.05, 0.1) is 35.8 Å². The lowest BCUT2D eigenvalue weighted by Gasteiger charge is -2.30. The molecule has 2 aromatic rings. The normalized spacial score (nSPS) is 14.0. The number of nitrogens with zero attached hydrogens (tertiary/aromatic N) is 4. The molecule has 2 heterocycles. The highest BCUT2D eigenvalue weighted by atomic mass is 16.6. The summed E-state index contributed by atoms with van der Waals surface area (Å²) < 4.78 is 7.32. The summed E-state index contributed by atoms with van der Waals surface area (Å²) in [6.07, 6.45) is 2.22. The number of carbonyl (C=O) groups excluding carboxylic acids is 1. The van der Waals surface area contributed by atoms with Gasteiger partial charge in [-0.1, -0.05) is 0 Å². The Kier molecular flexibility index (Phi) is 4.02. The van der Waals surface area contributed by atoms with Gasteiger partial charge in [-0.3, -0.25) is 0 Å². The fourth-order valence-corrected chi connectivity index (χ4v) is 2.71. The third-order valence-electron chi connectivity index (χ3n) is 3.83. The standard InChI is InChI=1S/C18H20N4O2/c1-18(2,3)24-17(23)21-9-8-16-14(12-21)11-20-22(16)15-6-4-13(10-19)5-7-15/h4-7,11H,8-9,12H2,1-3H3. The molecule has 0 spiro atoms. The number of hydrogen-bond acceptors (Lipinski definition) is 4. The number of aromatic nitrogens is 2. The lowest BCUT2D eigenvalue weighted by molar-refractivity contribution is 0.0223. The van der Waals surface area contributed by atoms with Crippen LogP contribution in [0.15, 0.2) is 30.5 Å². The zero-order valence-electron chi connectivity index (χ0n) is 14.1. The van der Waals surface area contributed by atoms with E-state index < -0.39 is 5.60 Å². The van der Waals surface area contributed by atoms with Crippen molar-refractivity contribution < 1.29 is 9.53 Å². The predicted octanol–water partition coefficient (Wildman–Crippen LogP) is 3.04. The van der Waals surface area contributed by atoms with Gasteiger partial charge in [-0.2, -0.15) is 10.4 Å². The van der Waals surface area contributed by atoms with E-state index in [1.165, 1.54) is 0 Å². The second-order valence-electron chi connectivity index (χ2n) is 6.84. The first-order chi connectivity index (χ1) is 11.4. The van der Waals surface area contributed by atoms with Crippen LogP contribution in [0.3, 0.4) is 0 Å². The summed E-state index contributed by atoms with van der Waals surface area (Å²) in [6.45, 7) is 6.69. The zero-order chi connectivity index (χ0) is 17.3. The number of fused-ring (bicyclic) bond motifs is 1. The van der Waals surface area contributed by atoms with Crippen molar-refractivity contribution in [2.45, 2.75) is 39.3 Å². The van der Waals surface area contributed by atoms with Crippen LogP contribution in [-0.4, -0.2) is 32.9 Å². The molecule has 1 aliphatic heterocycles. The van der Waals surface area contributed by atoms with Crippen LogP contribution in [-0.2, 0) is 17.7 Å². The van der Waals surface area contributed by atoms with E-state index in [4.69, 9.17) is 10.00 Å². The molecule has 0 N–H and O–H groups in total. The molecule has 0 bridgehead atoms. The van der Waals surface area contributed by atoms with Crippen molar-refractivity contribution in [2.24, 2.45) is 0 Å². The van der Waals surface area contributed by atoms with Gasteiger partial charge in [-0.15, -0.1) is 0 Å². The van der Waals surface area contributed by atoms with Crippen molar-refractivity contribution in [3.63, 3.8) is 0 Å². The van der Waals surface area contributed by atoms with Gasteiger partial charge in [0, 0.05) is 18.5 Å². The third kappa shape index (κ3) is 3.25. The van der Waals surface area contributed by atoms with Crippen molar-refractivity contribution in [2.75, 3.05) is 6.54 Å². The Morgan fingerprint density at radius 1 is 1.29 bits per heavy atom. The fraction of sp³-hybridized carbons (Fsp3) is 0.389. The van der Waals surface area contributed by atoms with Gasteiger partial charge in [-0.25, -0.2) is 9.48 Å². The Labute approximate surface area is 141 Å². The Morgan fingerprint density at radius 2 is 2.00 bits per heavy atom. The molecule has 6 nitrogen and oxygen atoms in total. The van der Waals surface area contributed by atoms with Gasteiger partial charge < -0.3 is 9.64 Å². The van der Waals surface area contributed by atoms with E-state index in [1.807, 2.05) is 37.6 Å². The van der Waals surface area contributed by atoms with Crippen LogP contribution >= 0.6 is 0 Å². The second kappa shape index (κ2) is 6.00. The maximum absolute atomic E-state index is 12.2. The quantitative estimate of drug-likeness (QED) is 0.808. The Hall–Kier alpha value is -2.81. The summed E-state index contributed by atoms with van der Waals surface area (Å²) in [4.78, 5) is 13.9. The topological polar surface area (TPSA) is 71.2 Å². The number of amides is 1. The van der Waals surface area contributed by atoms with Crippen LogP contribution in [0, 0.1) is 11.3 Å². The molecule has 1 aromatic carbocycles. The molecule has 0 atom stereocenters. The maximum Gasteiger partial charge on any atom is 0.410 e. The average Bonchev–Trinajstić information content (AvgIpc) is 2.96. The van der Waals surface area contributed by atoms with Gasteiger partial charge >= 0.3 is 6.09 Å². The summed E-state index contributed by atoms with van der Waals surface area (Å²) in [5.41, 5.74) is 3.16. The van der Waals surface area contributed by atoms with E-state index in [0.717, 1.165) is 16.9 Å². The fourth-order valence-electron chi connectivity index (χ4n) is 2.71. The number of hydrogen-bond donors (Lipinski definition) is 0. The van der Waals surface area contributed by atoms with E-state index in [1.54, 1.807) is 23.2 Å². The largest absolute Gasteiger partial charge is 0.444 e. The third-order valence-corrected chi connectivity index (χ3v) is 3.83. The minimum atomic E-state index is -0.496. The van der Waals surface area contributed by atoms with Gasteiger partial charge in [0.25, 0.3) is 0 Å². The predicted molar refractivity (Wildman–Crippen MR) is 88.6 cm³/mol. The Morgan fingerprint density at radius 3 is 2.62 bits per heavy atom. The second-order valence-corrected chi connectivity index (χ2v) is 6.84. The van der Waals surface area contributed by atoms with E-state index in [-0.39, 0.29) is 6.09 Å². The number of carbonyl (C=O) groups is 1. The molecule has 0 fully saturated rings. The number of benzene rings is 1. The lowest BCUT2D eigenvalue weighted by Crippen LogP contribution is -2.40. The molecule has 6 heteroatoms. The van der Waals surface area contributed by atoms with Crippen LogP contribution in [0.25, 0.3) is 5.69 Å². The van der Waals surface area contributed by atoms with Crippen LogP contribution in [0.2, 0.25) is 0 Å². The number of nitriles is 1. The molecule has 3 rings (SSSR count). The number of ether oxygens (including phenoxy) is 1. The molecular weight excluding hydrogens is 304 g/mol. The van der Waals surface area contributed by atoms with Crippen molar-refractivity contribution >= 4 is 6.09 Å². The van der Waals surface area contributed by atoms with E-state index in [9.17, 15) is 4.79 Å². The van der Waals surface area contributed by atoms with Crippen LogP contribution in [0.5, 0.6) is 0 Å². The first-order valence-electron chi connectivity index (χ1n) is 7.91. The molecule has 0 saturated heterocycles. The summed E-state index contributed by atoms with van der Waals surface area (Å²) in [5.74, 6) is 0. The monoisotopic (exact) mass is 324 g/mol. The molecule has 0 unspecified atom stereocenters. The smallest absolute Gasteiger partial charge is 0.410 e. The van der Waals surface area contributed by atoms with Gasteiger partial charge in [0.2, 0.25) is 0 Å². The molecule has 24 heavy (non-hydrogen) atoms. The Balaban J connectivity index is 1.79. The van der Waals surface area contributed by atoms with Crippen LogP contribution in [0.4, 0.5) is 4.79 Å². The van der Waals surface area contributed by atoms with E-state index in [2.05, 4.69) is 11.2 Å². The molecule has 0 aliphatic carbocycles. The zero-order valence-corrected chi connectivity index (χ0v) is 14.1. The van der Waals surface area contributed by atoms with Crippen molar-refractivity contribution in [1.82, 2.24) is 14.7 Å². The lowest BCUT2D eigenvalue weighted by atomic mass is 10.1. The first kappa shape index (κ1) is 16.1. The number of rotatable bonds is 1. The molecule has 1 aromatic heterocycles. The highest BCUT2D eigenvalue weighted by Crippen LogP contribution is 2.23. The van der Waals surface area contributed by atoms with Crippen molar-refractivity contribution in [1.29, 1.82) is 5.26 Å². The average molecular weight is 324 g/mol. The Bertz CT molecular complexity index is 794. The summed E-state index contributed by atoms with van der Waals surface area (Å²) in [7, 11) is 0. The molecule has 0 radical (unpaired) electrons. The minimum Gasteiger partial charge on any atom is -0.444 e. The maximum atomic E-state index is 12.2. The summed E-state index contributed by atoms with van der Waals surface area (Å²) >= 11 is 0. The summed E-state index contributed by atoms with van der Waals surface area (Å²) in [5, 5.41) is 13.3. The van der Waals surface area contributed by atoms with Crippen LogP contribution in [0.1, 0.15) is 37.6 Å². The van der Waals surface area contributed by atoms with Crippen molar-refractivity contribution in [3.05, 3.63) is 47.3 Å².